The van der Waals surface area contributed by atoms with Gasteiger partial charge in [-0.05, 0) is 26.9 Å². The number of hydrogen-bond donors (Lipinski definition) is 1. The van der Waals surface area contributed by atoms with Crippen molar-refractivity contribution < 1.29 is 9.90 Å². The second kappa shape index (κ2) is 6.20. The van der Waals surface area contributed by atoms with Gasteiger partial charge >= 0.3 is 0 Å². The molecule has 0 aromatic rings. The standard InChI is InChI=1S/C11H22N2O2/c1-10(15)4-3-5-13-7-6-12(2)11(8-13)9-14/h11,14H,3-9H2,1-2H3. The van der Waals surface area contributed by atoms with Crippen LogP contribution in [-0.4, -0.2) is 66.6 Å². The van der Waals surface area contributed by atoms with Gasteiger partial charge in [0.15, 0.2) is 0 Å². The number of nitrogens with zero attached hydrogens (tertiary/aromatic N) is 2. The molecule has 1 atom stereocenters. The zero-order valence-electron chi connectivity index (χ0n) is 9.78. The van der Waals surface area contributed by atoms with E-state index in [1.165, 1.54) is 0 Å². The number of carbonyl (C=O) groups excluding carboxylic acids is 1. The second-order valence-corrected chi connectivity index (χ2v) is 4.42. The Morgan fingerprint density at radius 2 is 2.20 bits per heavy atom. The molecule has 1 unspecified atom stereocenters. The lowest BCUT2D eigenvalue weighted by molar-refractivity contribution is -0.117. The highest BCUT2D eigenvalue weighted by Gasteiger charge is 2.22. The first-order valence-electron chi connectivity index (χ1n) is 5.66. The van der Waals surface area contributed by atoms with Crippen molar-refractivity contribution in [2.75, 3.05) is 39.8 Å². The Morgan fingerprint density at radius 3 is 2.80 bits per heavy atom. The molecule has 4 heteroatoms. The molecule has 1 heterocycles. The van der Waals surface area contributed by atoms with Crippen LogP contribution in [0.15, 0.2) is 0 Å². The molecular weight excluding hydrogens is 192 g/mol. The first-order valence-corrected chi connectivity index (χ1v) is 5.66. The molecule has 1 N–H and O–H groups in total. The first-order chi connectivity index (χ1) is 7.13. The van der Waals surface area contributed by atoms with Crippen LogP contribution in [0.4, 0.5) is 0 Å². The third-order valence-electron chi connectivity index (χ3n) is 3.08. The van der Waals surface area contributed by atoms with Gasteiger partial charge in [-0.15, -0.1) is 0 Å². The van der Waals surface area contributed by atoms with Crippen molar-refractivity contribution >= 4 is 5.78 Å². The van der Waals surface area contributed by atoms with Crippen LogP contribution >= 0.6 is 0 Å². The largest absolute Gasteiger partial charge is 0.395 e. The molecule has 1 rings (SSSR count). The van der Waals surface area contributed by atoms with Gasteiger partial charge in [0.05, 0.1) is 6.61 Å². The van der Waals surface area contributed by atoms with Gasteiger partial charge in [-0.25, -0.2) is 0 Å². The van der Waals surface area contributed by atoms with Gasteiger partial charge in [-0.1, -0.05) is 0 Å². The summed E-state index contributed by atoms with van der Waals surface area (Å²) in [5.41, 5.74) is 0. The predicted molar refractivity (Wildman–Crippen MR) is 59.9 cm³/mol. The van der Waals surface area contributed by atoms with Crippen LogP contribution in [0.25, 0.3) is 0 Å². The number of Topliss-reactive ketones (excluding diaryl/α,β-unsaturated/α-hetero) is 1. The Morgan fingerprint density at radius 1 is 1.47 bits per heavy atom. The molecule has 0 aromatic heterocycles. The van der Waals surface area contributed by atoms with Crippen LogP contribution in [0.1, 0.15) is 19.8 Å². The number of ketones is 1. The van der Waals surface area contributed by atoms with Crippen LogP contribution in [-0.2, 0) is 4.79 Å². The van der Waals surface area contributed by atoms with Crippen molar-refractivity contribution in [3.8, 4) is 0 Å². The van der Waals surface area contributed by atoms with Crippen molar-refractivity contribution in [3.05, 3.63) is 0 Å². The predicted octanol–water partition coefficient (Wildman–Crippen LogP) is -0.0361. The van der Waals surface area contributed by atoms with E-state index in [0.29, 0.717) is 6.42 Å². The normalized spacial score (nSPS) is 24.3. The van der Waals surface area contributed by atoms with Gasteiger partial charge in [-0.2, -0.15) is 0 Å². The molecule has 0 radical (unpaired) electrons. The number of aliphatic hydroxyl groups is 1. The molecule has 0 spiro atoms. The quantitative estimate of drug-likeness (QED) is 0.697. The molecule has 0 aromatic carbocycles. The summed E-state index contributed by atoms with van der Waals surface area (Å²) in [6.07, 6.45) is 1.62. The molecule has 1 aliphatic heterocycles. The summed E-state index contributed by atoms with van der Waals surface area (Å²) in [7, 11) is 2.05. The lowest BCUT2D eigenvalue weighted by atomic mass is 10.1. The highest BCUT2D eigenvalue weighted by Crippen LogP contribution is 2.08. The summed E-state index contributed by atoms with van der Waals surface area (Å²) in [6, 6.07) is 0.260. The SMILES string of the molecule is CC(=O)CCCN1CCN(C)C(CO)C1. The van der Waals surface area contributed by atoms with Gasteiger partial charge in [-0.3, -0.25) is 4.90 Å². The van der Waals surface area contributed by atoms with Crippen molar-refractivity contribution in [1.82, 2.24) is 9.80 Å². The third kappa shape index (κ3) is 4.28. The van der Waals surface area contributed by atoms with Gasteiger partial charge in [0.1, 0.15) is 5.78 Å². The zero-order chi connectivity index (χ0) is 11.3. The van der Waals surface area contributed by atoms with E-state index < -0.39 is 0 Å². The molecule has 0 amide bonds. The summed E-state index contributed by atoms with van der Waals surface area (Å²) < 4.78 is 0. The molecular formula is C11H22N2O2. The lowest BCUT2D eigenvalue weighted by Crippen LogP contribution is -2.53. The highest BCUT2D eigenvalue weighted by molar-refractivity contribution is 5.75. The summed E-state index contributed by atoms with van der Waals surface area (Å²) >= 11 is 0. The van der Waals surface area contributed by atoms with Crippen molar-refractivity contribution in [1.29, 1.82) is 0 Å². The summed E-state index contributed by atoms with van der Waals surface area (Å²) in [5, 5.41) is 9.17. The molecule has 4 nitrogen and oxygen atoms in total. The maximum Gasteiger partial charge on any atom is 0.129 e. The van der Waals surface area contributed by atoms with Crippen molar-refractivity contribution in [2.24, 2.45) is 0 Å². The minimum atomic E-state index is 0.222. The monoisotopic (exact) mass is 214 g/mol. The fourth-order valence-corrected chi connectivity index (χ4v) is 1.96. The maximum absolute atomic E-state index is 10.8. The Kier molecular flexibility index (Phi) is 5.22. The number of aliphatic hydroxyl groups excluding tert-OH is 1. The Hall–Kier alpha value is -0.450. The molecule has 0 saturated carbocycles. The molecule has 88 valence electrons. The van der Waals surface area contributed by atoms with E-state index >= 15 is 0 Å². The van der Waals surface area contributed by atoms with Crippen LogP contribution in [0, 0.1) is 0 Å². The van der Waals surface area contributed by atoms with Gasteiger partial charge < -0.3 is 14.8 Å². The maximum atomic E-state index is 10.8. The average molecular weight is 214 g/mol. The Labute approximate surface area is 91.9 Å². The van der Waals surface area contributed by atoms with E-state index in [2.05, 4.69) is 9.80 Å². The zero-order valence-corrected chi connectivity index (χ0v) is 9.78. The fraction of sp³-hybridized carbons (Fsp3) is 0.909. The van der Waals surface area contributed by atoms with Crippen LogP contribution in [0.5, 0.6) is 0 Å². The minimum Gasteiger partial charge on any atom is -0.395 e. The lowest BCUT2D eigenvalue weighted by Gasteiger charge is -2.38. The van der Waals surface area contributed by atoms with Crippen LogP contribution in [0.2, 0.25) is 0 Å². The van der Waals surface area contributed by atoms with Crippen molar-refractivity contribution in [2.45, 2.75) is 25.8 Å². The van der Waals surface area contributed by atoms with Crippen LogP contribution < -0.4 is 0 Å². The minimum absolute atomic E-state index is 0.222. The topological polar surface area (TPSA) is 43.8 Å². The average Bonchev–Trinajstić information content (AvgIpc) is 2.20. The van der Waals surface area contributed by atoms with E-state index in [0.717, 1.165) is 32.6 Å². The molecule has 1 aliphatic rings. The summed E-state index contributed by atoms with van der Waals surface area (Å²) in [6.45, 7) is 5.81. The molecule has 1 saturated heterocycles. The number of carbonyl (C=O) groups is 1. The highest BCUT2D eigenvalue weighted by atomic mass is 16.3. The number of piperazine rings is 1. The third-order valence-corrected chi connectivity index (χ3v) is 3.08. The Balaban J connectivity index is 2.23. The summed E-state index contributed by atoms with van der Waals surface area (Å²) in [4.78, 5) is 15.3. The molecule has 0 bridgehead atoms. The fourth-order valence-electron chi connectivity index (χ4n) is 1.96. The van der Waals surface area contributed by atoms with E-state index in [1.807, 2.05) is 7.05 Å². The van der Waals surface area contributed by atoms with Crippen molar-refractivity contribution in [3.63, 3.8) is 0 Å². The van der Waals surface area contributed by atoms with E-state index in [-0.39, 0.29) is 18.4 Å². The number of rotatable bonds is 5. The first kappa shape index (κ1) is 12.6. The Bertz CT molecular complexity index is 209. The van der Waals surface area contributed by atoms with E-state index in [4.69, 9.17) is 0 Å². The van der Waals surface area contributed by atoms with E-state index in [9.17, 15) is 9.90 Å². The van der Waals surface area contributed by atoms with Gasteiger partial charge in [0.2, 0.25) is 0 Å². The number of hydrogen-bond acceptors (Lipinski definition) is 4. The van der Waals surface area contributed by atoms with Gasteiger partial charge in [0, 0.05) is 32.1 Å². The molecule has 15 heavy (non-hydrogen) atoms. The number of likely N-dealkylation sites (N-methyl/N-ethyl adjacent to an activating group) is 1. The smallest absolute Gasteiger partial charge is 0.129 e. The van der Waals surface area contributed by atoms with E-state index in [1.54, 1.807) is 6.92 Å². The second-order valence-electron chi connectivity index (χ2n) is 4.42. The molecule has 0 aliphatic carbocycles. The molecule has 1 fully saturated rings. The van der Waals surface area contributed by atoms with Gasteiger partial charge in [0.25, 0.3) is 0 Å². The summed E-state index contributed by atoms with van der Waals surface area (Å²) in [5.74, 6) is 0.267. The van der Waals surface area contributed by atoms with Crippen LogP contribution in [0.3, 0.4) is 0 Å².